The van der Waals surface area contributed by atoms with Crippen molar-refractivity contribution < 1.29 is 0 Å². The van der Waals surface area contributed by atoms with E-state index in [2.05, 4.69) is 13.8 Å². The number of rotatable bonds is 16. The lowest BCUT2D eigenvalue weighted by atomic mass is 10.1. The second-order valence-electron chi connectivity index (χ2n) is 5.91. The molecule has 0 bridgehead atoms. The molecule has 0 aromatic carbocycles. The summed E-state index contributed by atoms with van der Waals surface area (Å²) in [6.45, 7) is 4.59. The van der Waals surface area contributed by atoms with Gasteiger partial charge in [-0.1, -0.05) is 99.5 Å². The standard InChI is InChI=1S/C18H38P/c1-3-5-7-9-11-12-14-16-18-19-17-15-13-10-8-6-4-2/h3-18H2,1-2H3. The number of unbranched alkanes of at least 4 members (excludes halogenated alkanes) is 12. The van der Waals surface area contributed by atoms with Gasteiger partial charge in [-0.25, -0.2) is 0 Å². The van der Waals surface area contributed by atoms with E-state index in [4.69, 9.17) is 0 Å². The maximum atomic E-state index is 2.29. The first-order valence-corrected chi connectivity index (χ1v) is 10.3. The second-order valence-corrected chi connectivity index (χ2v) is 7.26. The van der Waals surface area contributed by atoms with Crippen LogP contribution in [0.4, 0.5) is 0 Å². The van der Waals surface area contributed by atoms with Crippen molar-refractivity contribution in [2.24, 2.45) is 0 Å². The Kier molecular flexibility index (Phi) is 18.8. The van der Waals surface area contributed by atoms with Gasteiger partial charge >= 0.3 is 0 Å². The van der Waals surface area contributed by atoms with Gasteiger partial charge in [-0.15, -0.1) is 0 Å². The molecule has 0 N–H and O–H groups in total. The Morgan fingerprint density at radius 3 is 1.11 bits per heavy atom. The van der Waals surface area contributed by atoms with Crippen LogP contribution in [0.5, 0.6) is 0 Å². The minimum atomic E-state index is 1.37. The molecule has 0 aromatic rings. The molecule has 0 aromatic heterocycles. The third-order valence-electron chi connectivity index (χ3n) is 3.84. The van der Waals surface area contributed by atoms with E-state index in [1.165, 1.54) is 102 Å². The van der Waals surface area contributed by atoms with Crippen molar-refractivity contribution in [1.29, 1.82) is 0 Å². The zero-order valence-electron chi connectivity index (χ0n) is 13.8. The van der Waals surface area contributed by atoms with Gasteiger partial charge in [0.05, 0.1) is 0 Å². The predicted octanol–water partition coefficient (Wildman–Crippen LogP) is 7.43. The quantitative estimate of drug-likeness (QED) is 0.204. The smallest absolute Gasteiger partial charge is 0.0287 e. The van der Waals surface area contributed by atoms with Crippen molar-refractivity contribution in [1.82, 2.24) is 0 Å². The van der Waals surface area contributed by atoms with E-state index in [0.29, 0.717) is 0 Å². The Labute approximate surface area is 125 Å². The second kappa shape index (κ2) is 18.4. The third-order valence-corrected chi connectivity index (χ3v) is 5.10. The SMILES string of the molecule is CCCCCCCCCC[P]CCCCCCCC. The minimum Gasteiger partial charge on any atom is -0.0810 e. The normalized spacial score (nSPS) is 11.7. The van der Waals surface area contributed by atoms with Crippen molar-refractivity contribution in [2.45, 2.75) is 104 Å². The van der Waals surface area contributed by atoms with Gasteiger partial charge in [0.2, 0.25) is 0 Å². The van der Waals surface area contributed by atoms with Crippen LogP contribution in [0, 0.1) is 0 Å². The fraction of sp³-hybridized carbons (Fsp3) is 1.00. The first-order chi connectivity index (χ1) is 9.41. The monoisotopic (exact) mass is 285 g/mol. The average Bonchev–Trinajstić information content (AvgIpc) is 2.43. The van der Waals surface area contributed by atoms with Gasteiger partial charge in [0.25, 0.3) is 0 Å². The molecule has 1 radical (unpaired) electrons. The molecular formula is C18H38P. The highest BCUT2D eigenvalue weighted by molar-refractivity contribution is 7.37. The van der Waals surface area contributed by atoms with E-state index in [9.17, 15) is 0 Å². The summed E-state index contributed by atoms with van der Waals surface area (Å²) in [5.41, 5.74) is 0. The molecule has 0 amide bonds. The summed E-state index contributed by atoms with van der Waals surface area (Å²) in [4.78, 5) is 0. The first kappa shape index (κ1) is 19.4. The van der Waals surface area contributed by atoms with Crippen LogP contribution >= 0.6 is 8.58 Å². The molecule has 0 rings (SSSR count). The van der Waals surface area contributed by atoms with Crippen molar-refractivity contribution in [2.75, 3.05) is 12.3 Å². The summed E-state index contributed by atoms with van der Waals surface area (Å²) in [6, 6.07) is 0. The Bertz CT molecular complexity index is 129. The molecule has 19 heavy (non-hydrogen) atoms. The van der Waals surface area contributed by atoms with Crippen LogP contribution in [0.2, 0.25) is 0 Å². The molecular weight excluding hydrogens is 247 g/mol. The summed E-state index contributed by atoms with van der Waals surface area (Å²) in [7, 11) is 1.72. The van der Waals surface area contributed by atoms with E-state index >= 15 is 0 Å². The molecule has 0 aliphatic heterocycles. The fourth-order valence-electron chi connectivity index (χ4n) is 2.47. The molecule has 0 spiro atoms. The van der Waals surface area contributed by atoms with Gasteiger partial charge in [-0.3, -0.25) is 0 Å². The van der Waals surface area contributed by atoms with Crippen molar-refractivity contribution >= 4 is 8.58 Å². The Morgan fingerprint density at radius 1 is 0.421 bits per heavy atom. The third kappa shape index (κ3) is 18.4. The van der Waals surface area contributed by atoms with E-state index in [-0.39, 0.29) is 0 Å². The Balaban J connectivity index is 2.88. The number of hydrogen-bond donors (Lipinski definition) is 0. The van der Waals surface area contributed by atoms with Gasteiger partial charge in [0, 0.05) is 0 Å². The number of hydrogen-bond acceptors (Lipinski definition) is 0. The van der Waals surface area contributed by atoms with E-state index < -0.39 is 0 Å². The molecule has 0 nitrogen and oxygen atoms in total. The fourth-order valence-corrected chi connectivity index (χ4v) is 3.59. The van der Waals surface area contributed by atoms with E-state index in [1.807, 2.05) is 0 Å². The summed E-state index contributed by atoms with van der Waals surface area (Å²) >= 11 is 0. The van der Waals surface area contributed by atoms with Crippen LogP contribution in [0.3, 0.4) is 0 Å². The van der Waals surface area contributed by atoms with Crippen LogP contribution in [0.15, 0.2) is 0 Å². The van der Waals surface area contributed by atoms with E-state index in [1.54, 1.807) is 8.58 Å². The van der Waals surface area contributed by atoms with Gasteiger partial charge < -0.3 is 0 Å². The lowest BCUT2D eigenvalue weighted by molar-refractivity contribution is 0.586. The molecule has 1 heteroatoms. The van der Waals surface area contributed by atoms with Crippen LogP contribution in [-0.2, 0) is 0 Å². The van der Waals surface area contributed by atoms with Gasteiger partial charge in [-0.2, -0.15) is 0 Å². The van der Waals surface area contributed by atoms with Gasteiger partial charge in [-0.05, 0) is 25.2 Å². The minimum absolute atomic E-state index is 1.37. The maximum absolute atomic E-state index is 2.29. The summed E-state index contributed by atoms with van der Waals surface area (Å²) in [5, 5.41) is 0. The lowest BCUT2D eigenvalue weighted by Gasteiger charge is -2.03. The van der Waals surface area contributed by atoms with Crippen LogP contribution in [-0.4, -0.2) is 12.3 Å². The Morgan fingerprint density at radius 2 is 0.737 bits per heavy atom. The zero-order chi connectivity index (χ0) is 14.0. The molecule has 0 unspecified atom stereocenters. The predicted molar refractivity (Wildman–Crippen MR) is 92.6 cm³/mol. The molecule has 0 saturated heterocycles. The molecule has 0 aliphatic carbocycles. The lowest BCUT2D eigenvalue weighted by Crippen LogP contribution is -1.85. The van der Waals surface area contributed by atoms with Crippen LogP contribution in [0.1, 0.15) is 104 Å². The maximum Gasteiger partial charge on any atom is -0.0287 e. The molecule has 0 atom stereocenters. The van der Waals surface area contributed by atoms with E-state index in [0.717, 1.165) is 0 Å². The van der Waals surface area contributed by atoms with Crippen molar-refractivity contribution in [3.63, 3.8) is 0 Å². The highest BCUT2D eigenvalue weighted by atomic mass is 31.1. The molecule has 0 fully saturated rings. The largest absolute Gasteiger partial charge is 0.0810 e. The molecule has 0 saturated carbocycles. The van der Waals surface area contributed by atoms with Crippen LogP contribution < -0.4 is 0 Å². The van der Waals surface area contributed by atoms with Crippen molar-refractivity contribution in [3.05, 3.63) is 0 Å². The highest BCUT2D eigenvalue weighted by Gasteiger charge is 1.94. The molecule has 115 valence electrons. The summed E-state index contributed by atoms with van der Waals surface area (Å²) in [6.07, 6.45) is 23.3. The zero-order valence-corrected chi connectivity index (χ0v) is 14.7. The van der Waals surface area contributed by atoms with Crippen molar-refractivity contribution in [3.8, 4) is 0 Å². The summed E-state index contributed by atoms with van der Waals surface area (Å²) < 4.78 is 0. The topological polar surface area (TPSA) is 0 Å². The van der Waals surface area contributed by atoms with Gasteiger partial charge in [0.1, 0.15) is 0 Å². The molecule has 0 heterocycles. The molecule has 0 aliphatic rings. The Hall–Kier alpha value is 0.430. The average molecular weight is 285 g/mol. The van der Waals surface area contributed by atoms with Gasteiger partial charge in [0.15, 0.2) is 0 Å². The van der Waals surface area contributed by atoms with Crippen LogP contribution in [0.25, 0.3) is 0 Å². The highest BCUT2D eigenvalue weighted by Crippen LogP contribution is 2.18. The summed E-state index contributed by atoms with van der Waals surface area (Å²) in [5.74, 6) is 0. The first-order valence-electron chi connectivity index (χ1n) is 9.05.